The summed E-state index contributed by atoms with van der Waals surface area (Å²) in [6, 6.07) is 12.1. The highest BCUT2D eigenvalue weighted by molar-refractivity contribution is 7.91. The zero-order chi connectivity index (χ0) is 21.3. The maximum Gasteiger partial charge on any atom is 0.234 e. The minimum Gasteiger partial charge on any atom is -0.486 e. The van der Waals surface area contributed by atoms with Gasteiger partial charge in [-0.15, -0.1) is 0 Å². The van der Waals surface area contributed by atoms with Crippen molar-refractivity contribution in [2.45, 2.75) is 43.2 Å². The first-order valence-electron chi connectivity index (χ1n) is 9.88. The molecule has 1 unspecified atom stereocenters. The second-order valence-corrected chi connectivity index (χ2v) is 9.10. The van der Waals surface area contributed by atoms with E-state index in [0.717, 1.165) is 17.5 Å². The third-order valence-electron chi connectivity index (χ3n) is 5.04. The van der Waals surface area contributed by atoms with Gasteiger partial charge in [0, 0.05) is 17.7 Å². The number of rotatable bonds is 6. The fourth-order valence-electron chi connectivity index (χ4n) is 3.14. The number of nitrogens with zero attached hydrogens (tertiary/aromatic N) is 1. The number of aryl methyl sites for hydroxylation is 1. The monoisotopic (exact) mass is 428 g/mol. The second-order valence-electron chi connectivity index (χ2n) is 7.23. The number of aromatic nitrogens is 1. The Labute approximate surface area is 176 Å². The van der Waals surface area contributed by atoms with Crippen molar-refractivity contribution in [1.29, 1.82) is 0 Å². The van der Waals surface area contributed by atoms with Gasteiger partial charge < -0.3 is 19.2 Å². The Morgan fingerprint density at radius 3 is 2.57 bits per heavy atom. The maximum atomic E-state index is 13.5. The number of fused-ring (bicyclic) bond motifs is 1. The predicted octanol–water partition coefficient (Wildman–Crippen LogP) is 4.46. The van der Waals surface area contributed by atoms with Gasteiger partial charge in [0.2, 0.25) is 26.6 Å². The van der Waals surface area contributed by atoms with Gasteiger partial charge in [-0.25, -0.2) is 8.42 Å². The number of benzene rings is 2. The molecule has 30 heavy (non-hydrogen) atoms. The van der Waals surface area contributed by atoms with Crippen molar-refractivity contribution in [1.82, 2.24) is 4.98 Å². The zero-order valence-electron chi connectivity index (χ0n) is 17.1. The summed E-state index contributed by atoms with van der Waals surface area (Å²) >= 11 is 0. The number of ether oxygens (including phenoxy) is 2. The highest BCUT2D eigenvalue weighted by Gasteiger charge is 2.30. The summed E-state index contributed by atoms with van der Waals surface area (Å²) in [7, 11) is -3.96. The average Bonchev–Trinajstić information content (AvgIpc) is 3.17. The molecule has 1 atom stereocenters. The molecule has 4 rings (SSSR count). The van der Waals surface area contributed by atoms with E-state index >= 15 is 0 Å². The Bertz CT molecular complexity index is 1170. The Hall–Kier alpha value is -3.00. The first-order chi connectivity index (χ1) is 14.4. The van der Waals surface area contributed by atoms with Crippen molar-refractivity contribution in [3.63, 3.8) is 0 Å². The molecule has 1 aliphatic rings. The van der Waals surface area contributed by atoms with E-state index in [2.05, 4.69) is 10.3 Å². The van der Waals surface area contributed by atoms with E-state index in [1.807, 2.05) is 45.0 Å². The Morgan fingerprint density at radius 2 is 1.83 bits per heavy atom. The molecule has 2 aromatic carbocycles. The smallest absolute Gasteiger partial charge is 0.234 e. The molecule has 0 saturated carbocycles. The van der Waals surface area contributed by atoms with Gasteiger partial charge in [0.05, 0.1) is 4.90 Å². The first-order valence-corrected chi connectivity index (χ1v) is 11.4. The van der Waals surface area contributed by atoms with Gasteiger partial charge >= 0.3 is 0 Å². The molecule has 2 heterocycles. The molecule has 1 aromatic heterocycles. The summed E-state index contributed by atoms with van der Waals surface area (Å²) in [6.45, 7) is 6.70. The highest BCUT2D eigenvalue weighted by Crippen LogP contribution is 2.37. The lowest BCUT2D eigenvalue weighted by Gasteiger charge is -2.18. The molecular formula is C22H24N2O5S. The molecule has 3 aromatic rings. The van der Waals surface area contributed by atoms with E-state index in [4.69, 9.17) is 13.9 Å². The lowest BCUT2D eigenvalue weighted by molar-refractivity contribution is 0.171. The van der Waals surface area contributed by atoms with E-state index in [-0.39, 0.29) is 27.7 Å². The molecule has 158 valence electrons. The van der Waals surface area contributed by atoms with Gasteiger partial charge in [-0.1, -0.05) is 25.1 Å². The topological polar surface area (TPSA) is 90.7 Å². The van der Waals surface area contributed by atoms with E-state index in [0.29, 0.717) is 24.7 Å². The van der Waals surface area contributed by atoms with Crippen LogP contribution in [0.5, 0.6) is 11.5 Å². The van der Waals surface area contributed by atoms with Crippen molar-refractivity contribution in [2.75, 3.05) is 18.5 Å². The van der Waals surface area contributed by atoms with Crippen molar-refractivity contribution >= 4 is 15.7 Å². The van der Waals surface area contributed by atoms with Gasteiger partial charge in [0.25, 0.3) is 0 Å². The fourth-order valence-corrected chi connectivity index (χ4v) is 4.42. The molecule has 0 bridgehead atoms. The molecule has 1 N–H and O–H groups in total. The lowest BCUT2D eigenvalue weighted by Crippen LogP contribution is -2.17. The SMILES string of the molecule is CCC(C)Nc1oc(-c2ccccc2C)nc1S(=O)(=O)c1ccc2c(c1)OCCO2. The van der Waals surface area contributed by atoms with Crippen molar-refractivity contribution in [2.24, 2.45) is 0 Å². The number of hydrogen-bond donors (Lipinski definition) is 1. The molecular weight excluding hydrogens is 404 g/mol. The van der Waals surface area contributed by atoms with Crippen LogP contribution >= 0.6 is 0 Å². The van der Waals surface area contributed by atoms with Gasteiger partial charge in [-0.3, -0.25) is 0 Å². The molecule has 0 aliphatic carbocycles. The largest absolute Gasteiger partial charge is 0.486 e. The molecule has 0 saturated heterocycles. The summed E-state index contributed by atoms with van der Waals surface area (Å²) in [5.74, 6) is 1.33. The number of anilines is 1. The molecule has 0 fully saturated rings. The van der Waals surface area contributed by atoms with Gasteiger partial charge in [-0.05, 0) is 44.0 Å². The van der Waals surface area contributed by atoms with Crippen LogP contribution in [0.3, 0.4) is 0 Å². The van der Waals surface area contributed by atoms with Crippen LogP contribution in [-0.4, -0.2) is 32.7 Å². The first kappa shape index (κ1) is 20.3. The molecule has 7 nitrogen and oxygen atoms in total. The lowest BCUT2D eigenvalue weighted by atomic mass is 10.1. The fraction of sp³-hybridized carbons (Fsp3) is 0.318. The number of sulfone groups is 1. The molecule has 0 radical (unpaired) electrons. The van der Waals surface area contributed by atoms with Gasteiger partial charge in [0.1, 0.15) is 13.2 Å². The molecule has 0 spiro atoms. The number of oxazole rings is 1. The third-order valence-corrected chi connectivity index (χ3v) is 6.70. The standard InChI is InChI=1S/C22H24N2O5S/c1-4-15(3)23-21-22(24-20(29-21)17-8-6-5-7-14(17)2)30(25,26)16-9-10-18-19(13-16)28-12-11-27-18/h5-10,13,15,23H,4,11-12H2,1-3H3. The van der Waals surface area contributed by atoms with Crippen molar-refractivity contribution in [3.05, 3.63) is 48.0 Å². The van der Waals surface area contributed by atoms with Crippen LogP contribution in [0.25, 0.3) is 11.5 Å². The third kappa shape index (κ3) is 3.75. The summed E-state index contributed by atoms with van der Waals surface area (Å²) < 4.78 is 43.9. The minimum absolute atomic E-state index is 0.0110. The highest BCUT2D eigenvalue weighted by atomic mass is 32.2. The Morgan fingerprint density at radius 1 is 1.10 bits per heavy atom. The van der Waals surface area contributed by atoms with Crippen LogP contribution in [0.15, 0.2) is 56.8 Å². The maximum absolute atomic E-state index is 13.5. The van der Waals surface area contributed by atoms with Crippen LogP contribution in [0, 0.1) is 6.92 Å². The summed E-state index contributed by atoms with van der Waals surface area (Å²) in [4.78, 5) is 4.47. The van der Waals surface area contributed by atoms with E-state index in [1.54, 1.807) is 6.07 Å². The minimum atomic E-state index is -3.96. The van der Waals surface area contributed by atoms with Crippen LogP contribution in [0.4, 0.5) is 5.88 Å². The number of hydrogen-bond acceptors (Lipinski definition) is 7. The number of nitrogens with one attached hydrogen (secondary N) is 1. The van der Waals surface area contributed by atoms with Crippen LogP contribution < -0.4 is 14.8 Å². The molecule has 1 aliphatic heterocycles. The summed E-state index contributed by atoms with van der Waals surface area (Å²) in [5, 5.41) is 3.00. The Kier molecular flexibility index (Phi) is 5.42. The van der Waals surface area contributed by atoms with E-state index in [1.165, 1.54) is 12.1 Å². The van der Waals surface area contributed by atoms with Crippen LogP contribution in [-0.2, 0) is 9.84 Å². The summed E-state index contributed by atoms with van der Waals surface area (Å²) in [5.41, 5.74) is 1.69. The molecule has 0 amide bonds. The predicted molar refractivity (Wildman–Crippen MR) is 113 cm³/mol. The van der Waals surface area contributed by atoms with Crippen molar-refractivity contribution in [3.8, 4) is 23.0 Å². The van der Waals surface area contributed by atoms with E-state index < -0.39 is 9.84 Å². The van der Waals surface area contributed by atoms with Gasteiger partial charge in [0.15, 0.2) is 11.5 Å². The quantitative estimate of drug-likeness (QED) is 0.620. The molecule has 8 heteroatoms. The normalized spacial score (nSPS) is 14.4. The van der Waals surface area contributed by atoms with E-state index in [9.17, 15) is 8.42 Å². The average molecular weight is 429 g/mol. The zero-order valence-corrected chi connectivity index (χ0v) is 18.0. The van der Waals surface area contributed by atoms with Crippen LogP contribution in [0.2, 0.25) is 0 Å². The summed E-state index contributed by atoms with van der Waals surface area (Å²) in [6.07, 6.45) is 0.796. The van der Waals surface area contributed by atoms with Crippen LogP contribution in [0.1, 0.15) is 25.8 Å². The van der Waals surface area contributed by atoms with Crippen molar-refractivity contribution < 1.29 is 22.3 Å². The van der Waals surface area contributed by atoms with Gasteiger partial charge in [-0.2, -0.15) is 4.98 Å². The second kappa shape index (κ2) is 8.02. The Balaban J connectivity index is 1.82.